The molecule has 2 atom stereocenters. The van der Waals surface area contributed by atoms with Crippen molar-refractivity contribution in [2.45, 2.75) is 25.3 Å². The van der Waals surface area contributed by atoms with Crippen LogP contribution in [0.5, 0.6) is 0 Å². The third-order valence-corrected chi connectivity index (χ3v) is 4.74. The summed E-state index contributed by atoms with van der Waals surface area (Å²) < 4.78 is 0. The number of nitrogens with zero attached hydrogens (tertiary/aromatic N) is 2. The molecule has 1 aromatic carbocycles. The summed E-state index contributed by atoms with van der Waals surface area (Å²) in [7, 11) is 0. The van der Waals surface area contributed by atoms with E-state index in [0.717, 1.165) is 29.1 Å². The number of aromatic nitrogens is 1. The van der Waals surface area contributed by atoms with E-state index in [2.05, 4.69) is 16.0 Å². The molecule has 0 bridgehead atoms. The highest BCUT2D eigenvalue weighted by molar-refractivity contribution is 6.03. The Kier molecular flexibility index (Phi) is 2.46. The predicted molar refractivity (Wildman–Crippen MR) is 77.2 cm³/mol. The van der Waals surface area contributed by atoms with Gasteiger partial charge in [0.25, 0.3) is 0 Å². The third kappa shape index (κ3) is 1.60. The molecule has 2 heterocycles. The van der Waals surface area contributed by atoms with Gasteiger partial charge in [-0.05, 0) is 43.0 Å². The van der Waals surface area contributed by atoms with Gasteiger partial charge in [0.2, 0.25) is 0 Å². The average Bonchev–Trinajstić information content (AvgIpc) is 2.79. The van der Waals surface area contributed by atoms with E-state index in [9.17, 15) is 9.90 Å². The van der Waals surface area contributed by atoms with Crippen LogP contribution in [0, 0.1) is 5.92 Å². The molecule has 2 aliphatic rings. The number of hydrogen-bond acceptors (Lipinski definition) is 3. The molecule has 0 spiro atoms. The standard InChI is InChI=1S/C16H16N2O2/c19-16(20)12-6-7-17-14-5-4-11(8-13(12)14)18-9-10-2-1-3-15(10)18/h4-8,10,15H,1-3,9H2,(H,19,20). The lowest BCUT2D eigenvalue weighted by Gasteiger charge is -2.46. The second-order valence-electron chi connectivity index (χ2n) is 5.78. The van der Waals surface area contributed by atoms with E-state index < -0.39 is 5.97 Å². The van der Waals surface area contributed by atoms with Gasteiger partial charge in [-0.3, -0.25) is 4.98 Å². The summed E-state index contributed by atoms with van der Waals surface area (Å²) in [6.45, 7) is 1.11. The van der Waals surface area contributed by atoms with Crippen molar-refractivity contribution in [3.63, 3.8) is 0 Å². The zero-order valence-electron chi connectivity index (χ0n) is 11.1. The molecule has 1 saturated heterocycles. The lowest BCUT2D eigenvalue weighted by Crippen LogP contribution is -2.53. The van der Waals surface area contributed by atoms with Crippen LogP contribution in [0.15, 0.2) is 30.5 Å². The molecule has 4 heteroatoms. The maximum atomic E-state index is 11.3. The van der Waals surface area contributed by atoms with E-state index in [1.165, 1.54) is 19.3 Å². The second-order valence-corrected chi connectivity index (χ2v) is 5.78. The van der Waals surface area contributed by atoms with Crippen molar-refractivity contribution in [2.75, 3.05) is 11.4 Å². The SMILES string of the molecule is O=C(O)c1ccnc2ccc(N3CC4CCCC43)cc12. The van der Waals surface area contributed by atoms with Crippen LogP contribution < -0.4 is 4.90 Å². The number of anilines is 1. The number of carboxylic acids is 1. The molecular formula is C16H16N2O2. The minimum atomic E-state index is -0.892. The van der Waals surface area contributed by atoms with Crippen molar-refractivity contribution in [1.82, 2.24) is 4.98 Å². The number of pyridine rings is 1. The first kappa shape index (κ1) is 11.7. The molecule has 2 fully saturated rings. The van der Waals surface area contributed by atoms with E-state index in [4.69, 9.17) is 0 Å². The van der Waals surface area contributed by atoms with Crippen molar-refractivity contribution in [3.8, 4) is 0 Å². The number of aromatic carboxylic acids is 1. The Morgan fingerprint density at radius 2 is 2.20 bits per heavy atom. The molecule has 4 nitrogen and oxygen atoms in total. The number of rotatable bonds is 2. The summed E-state index contributed by atoms with van der Waals surface area (Å²) in [5.74, 6) is -0.0459. The topological polar surface area (TPSA) is 53.4 Å². The normalized spacial score (nSPS) is 24.5. The van der Waals surface area contributed by atoms with Gasteiger partial charge in [-0.15, -0.1) is 0 Å². The Balaban J connectivity index is 1.78. The van der Waals surface area contributed by atoms with Crippen LogP contribution in [-0.2, 0) is 0 Å². The lowest BCUT2D eigenvalue weighted by molar-refractivity contribution is 0.0699. The summed E-state index contributed by atoms with van der Waals surface area (Å²) in [4.78, 5) is 18.0. The molecule has 102 valence electrons. The number of carbonyl (C=O) groups is 1. The van der Waals surface area contributed by atoms with Gasteiger partial charge >= 0.3 is 5.97 Å². The molecule has 1 aromatic heterocycles. The van der Waals surface area contributed by atoms with Crippen molar-refractivity contribution in [3.05, 3.63) is 36.0 Å². The van der Waals surface area contributed by atoms with Crippen molar-refractivity contribution >= 4 is 22.6 Å². The highest BCUT2D eigenvalue weighted by Gasteiger charge is 2.41. The highest BCUT2D eigenvalue weighted by atomic mass is 16.4. The number of benzene rings is 1. The number of carboxylic acid groups (broad SMARTS) is 1. The third-order valence-electron chi connectivity index (χ3n) is 4.74. The molecule has 1 aliphatic carbocycles. The van der Waals surface area contributed by atoms with Gasteiger partial charge in [0, 0.05) is 29.9 Å². The van der Waals surface area contributed by atoms with Crippen LogP contribution in [0.25, 0.3) is 10.9 Å². The van der Waals surface area contributed by atoms with Gasteiger partial charge in [-0.1, -0.05) is 6.42 Å². The van der Waals surface area contributed by atoms with Crippen LogP contribution in [-0.4, -0.2) is 28.6 Å². The van der Waals surface area contributed by atoms with Gasteiger partial charge in [0.05, 0.1) is 11.1 Å². The van der Waals surface area contributed by atoms with E-state index in [1.807, 2.05) is 12.1 Å². The first-order valence-electron chi connectivity index (χ1n) is 7.13. The molecule has 0 radical (unpaired) electrons. The van der Waals surface area contributed by atoms with Gasteiger partial charge < -0.3 is 10.0 Å². The molecule has 20 heavy (non-hydrogen) atoms. The molecule has 2 unspecified atom stereocenters. The van der Waals surface area contributed by atoms with E-state index in [1.54, 1.807) is 12.3 Å². The monoisotopic (exact) mass is 268 g/mol. The van der Waals surface area contributed by atoms with E-state index >= 15 is 0 Å². The van der Waals surface area contributed by atoms with Crippen LogP contribution >= 0.6 is 0 Å². The largest absolute Gasteiger partial charge is 0.478 e. The first-order chi connectivity index (χ1) is 9.74. The Labute approximate surface area is 117 Å². The molecule has 1 aliphatic heterocycles. The molecule has 1 N–H and O–H groups in total. The van der Waals surface area contributed by atoms with Crippen molar-refractivity contribution in [2.24, 2.45) is 5.92 Å². The summed E-state index contributed by atoms with van der Waals surface area (Å²) in [5, 5.41) is 10.0. The first-order valence-corrected chi connectivity index (χ1v) is 7.13. The molecule has 2 aromatic rings. The van der Waals surface area contributed by atoms with Gasteiger partial charge in [-0.25, -0.2) is 4.79 Å². The van der Waals surface area contributed by atoms with Gasteiger partial charge in [0.1, 0.15) is 0 Å². The lowest BCUT2D eigenvalue weighted by atomic mass is 9.91. The number of fused-ring (bicyclic) bond motifs is 2. The Morgan fingerprint density at radius 1 is 1.30 bits per heavy atom. The highest BCUT2D eigenvalue weighted by Crippen LogP contribution is 2.42. The Morgan fingerprint density at radius 3 is 3.00 bits per heavy atom. The minimum absolute atomic E-state index is 0.334. The second kappa shape index (κ2) is 4.20. The quantitative estimate of drug-likeness (QED) is 0.910. The van der Waals surface area contributed by atoms with Crippen LogP contribution in [0.3, 0.4) is 0 Å². The van der Waals surface area contributed by atoms with Crippen molar-refractivity contribution < 1.29 is 9.90 Å². The molecule has 1 saturated carbocycles. The van der Waals surface area contributed by atoms with Crippen molar-refractivity contribution in [1.29, 1.82) is 0 Å². The maximum absolute atomic E-state index is 11.3. The van der Waals surface area contributed by atoms with Gasteiger partial charge in [0.15, 0.2) is 0 Å². The fourth-order valence-corrected chi connectivity index (χ4v) is 3.69. The van der Waals surface area contributed by atoms with E-state index in [0.29, 0.717) is 11.6 Å². The molecular weight excluding hydrogens is 252 g/mol. The van der Waals surface area contributed by atoms with Crippen LogP contribution in [0.1, 0.15) is 29.6 Å². The number of hydrogen-bond donors (Lipinski definition) is 1. The smallest absolute Gasteiger partial charge is 0.336 e. The predicted octanol–water partition coefficient (Wildman–Crippen LogP) is 2.92. The fourth-order valence-electron chi connectivity index (χ4n) is 3.69. The summed E-state index contributed by atoms with van der Waals surface area (Å²) in [6.07, 6.45) is 5.49. The maximum Gasteiger partial charge on any atom is 0.336 e. The summed E-state index contributed by atoms with van der Waals surface area (Å²) in [6, 6.07) is 8.22. The molecule has 0 amide bonds. The Bertz CT molecular complexity index is 698. The van der Waals surface area contributed by atoms with Crippen LogP contribution in [0.4, 0.5) is 5.69 Å². The van der Waals surface area contributed by atoms with E-state index in [-0.39, 0.29) is 0 Å². The fraction of sp³-hybridized carbons (Fsp3) is 0.375. The zero-order valence-corrected chi connectivity index (χ0v) is 11.1. The Hall–Kier alpha value is -2.10. The zero-order chi connectivity index (χ0) is 13.7. The van der Waals surface area contributed by atoms with Crippen LogP contribution in [0.2, 0.25) is 0 Å². The minimum Gasteiger partial charge on any atom is -0.478 e. The van der Waals surface area contributed by atoms with Gasteiger partial charge in [-0.2, -0.15) is 0 Å². The molecule has 4 rings (SSSR count). The average molecular weight is 268 g/mol. The summed E-state index contributed by atoms with van der Waals surface area (Å²) >= 11 is 0. The summed E-state index contributed by atoms with van der Waals surface area (Å²) in [5.41, 5.74) is 2.22.